The van der Waals surface area contributed by atoms with Gasteiger partial charge in [-0.2, -0.15) is 13.2 Å². The molecule has 3 rings (SSSR count). The standard InChI is InChI=1S/C19H15F4N3O3/c1-11(12-7-3-2-4-8-12)26-16(28)18(19(21,22)23,25-17(26)29)24-15(27)13-9-5-6-10-14(13)20/h2-11H,1H3,(H,24,27)(H,25,29)/t11-,18+/m0/s1. The van der Waals surface area contributed by atoms with Gasteiger partial charge < -0.3 is 5.32 Å². The molecule has 0 radical (unpaired) electrons. The summed E-state index contributed by atoms with van der Waals surface area (Å²) in [6.07, 6.45) is -5.38. The van der Waals surface area contributed by atoms with E-state index in [1.54, 1.807) is 18.2 Å². The Morgan fingerprint density at radius 3 is 2.24 bits per heavy atom. The second-order valence-electron chi connectivity index (χ2n) is 6.37. The maximum absolute atomic E-state index is 13.9. The van der Waals surface area contributed by atoms with Crippen molar-refractivity contribution in [3.63, 3.8) is 0 Å². The number of benzene rings is 2. The lowest BCUT2D eigenvalue weighted by atomic mass is 10.0. The Kier molecular flexibility index (Phi) is 5.04. The van der Waals surface area contributed by atoms with Gasteiger partial charge >= 0.3 is 12.2 Å². The number of alkyl halides is 3. The van der Waals surface area contributed by atoms with E-state index < -0.39 is 47.1 Å². The molecule has 0 aromatic heterocycles. The van der Waals surface area contributed by atoms with E-state index in [1.807, 2.05) is 0 Å². The number of nitrogens with one attached hydrogen (secondary N) is 2. The van der Waals surface area contributed by atoms with Crippen molar-refractivity contribution < 1.29 is 31.9 Å². The van der Waals surface area contributed by atoms with Gasteiger partial charge in [0, 0.05) is 0 Å². The SMILES string of the molecule is C[C@@H](c1ccccc1)N1C(=O)N[C@@](NC(=O)c2ccccc2F)(C(F)(F)F)C1=O. The second-order valence-corrected chi connectivity index (χ2v) is 6.37. The van der Waals surface area contributed by atoms with Crippen LogP contribution in [0.4, 0.5) is 22.4 Å². The summed E-state index contributed by atoms with van der Waals surface area (Å²) in [5.74, 6) is -4.28. The summed E-state index contributed by atoms with van der Waals surface area (Å²) < 4.78 is 55.5. The third-order valence-corrected chi connectivity index (χ3v) is 4.57. The molecular formula is C19H15F4N3O3. The molecule has 4 amide bonds. The Labute approximate surface area is 162 Å². The second kappa shape index (κ2) is 7.19. The molecule has 2 aromatic carbocycles. The van der Waals surface area contributed by atoms with Crippen LogP contribution in [0.25, 0.3) is 0 Å². The molecule has 2 atom stereocenters. The Bertz CT molecular complexity index is 965. The number of halogens is 4. The minimum absolute atomic E-state index is 0.379. The zero-order chi connectivity index (χ0) is 21.4. The molecule has 10 heteroatoms. The van der Waals surface area contributed by atoms with Crippen molar-refractivity contribution in [2.24, 2.45) is 0 Å². The molecule has 0 bridgehead atoms. The minimum Gasteiger partial charge on any atom is -0.314 e. The molecule has 0 saturated carbocycles. The van der Waals surface area contributed by atoms with Crippen molar-refractivity contribution in [1.29, 1.82) is 0 Å². The monoisotopic (exact) mass is 409 g/mol. The predicted molar refractivity (Wildman–Crippen MR) is 92.9 cm³/mol. The molecule has 2 aromatic rings. The van der Waals surface area contributed by atoms with Gasteiger partial charge in [0.2, 0.25) is 0 Å². The quantitative estimate of drug-likeness (QED) is 0.602. The van der Waals surface area contributed by atoms with Crippen molar-refractivity contribution in [3.8, 4) is 0 Å². The van der Waals surface area contributed by atoms with Gasteiger partial charge in [-0.25, -0.2) is 9.18 Å². The Morgan fingerprint density at radius 1 is 1.07 bits per heavy atom. The zero-order valence-electron chi connectivity index (χ0n) is 15.0. The molecule has 1 aliphatic rings. The van der Waals surface area contributed by atoms with Gasteiger partial charge in [-0.05, 0) is 24.6 Å². The van der Waals surface area contributed by atoms with Crippen molar-refractivity contribution in [1.82, 2.24) is 15.5 Å². The van der Waals surface area contributed by atoms with Gasteiger partial charge in [0.15, 0.2) is 0 Å². The third kappa shape index (κ3) is 3.41. The number of rotatable bonds is 4. The summed E-state index contributed by atoms with van der Waals surface area (Å²) >= 11 is 0. The van der Waals surface area contributed by atoms with E-state index in [9.17, 15) is 31.9 Å². The van der Waals surface area contributed by atoms with Crippen LogP contribution in [0.2, 0.25) is 0 Å². The maximum atomic E-state index is 13.9. The molecule has 0 spiro atoms. The Balaban J connectivity index is 1.99. The molecule has 1 heterocycles. The van der Waals surface area contributed by atoms with Gasteiger partial charge in [0.25, 0.3) is 17.5 Å². The summed E-state index contributed by atoms with van der Waals surface area (Å²) in [6, 6.07) is 9.89. The van der Waals surface area contributed by atoms with Gasteiger partial charge in [-0.3, -0.25) is 19.8 Å². The van der Waals surface area contributed by atoms with E-state index in [0.29, 0.717) is 10.5 Å². The number of urea groups is 1. The number of amides is 4. The van der Waals surface area contributed by atoms with Crippen LogP contribution in [-0.2, 0) is 4.79 Å². The highest BCUT2D eigenvalue weighted by molar-refractivity contribution is 6.10. The van der Waals surface area contributed by atoms with Gasteiger partial charge in [0.1, 0.15) is 5.82 Å². The van der Waals surface area contributed by atoms with Gasteiger partial charge in [-0.15, -0.1) is 0 Å². The fourth-order valence-corrected chi connectivity index (χ4v) is 3.01. The summed E-state index contributed by atoms with van der Waals surface area (Å²) in [7, 11) is 0. The van der Waals surface area contributed by atoms with Crippen LogP contribution in [-0.4, -0.2) is 34.6 Å². The van der Waals surface area contributed by atoms with Crippen LogP contribution >= 0.6 is 0 Å². The first-order valence-corrected chi connectivity index (χ1v) is 8.43. The number of carbonyl (C=O) groups is 3. The summed E-state index contributed by atoms with van der Waals surface area (Å²) in [4.78, 5) is 37.8. The third-order valence-electron chi connectivity index (χ3n) is 4.57. The average Bonchev–Trinajstić information content (AvgIpc) is 2.92. The molecule has 6 nitrogen and oxygen atoms in total. The molecular weight excluding hydrogens is 394 g/mol. The fraction of sp³-hybridized carbons (Fsp3) is 0.211. The molecule has 1 fully saturated rings. The van der Waals surface area contributed by atoms with Crippen LogP contribution in [0.15, 0.2) is 54.6 Å². The molecule has 1 saturated heterocycles. The highest BCUT2D eigenvalue weighted by atomic mass is 19.4. The zero-order valence-corrected chi connectivity index (χ0v) is 15.0. The van der Waals surface area contributed by atoms with Crippen LogP contribution in [0.5, 0.6) is 0 Å². The summed E-state index contributed by atoms with van der Waals surface area (Å²) in [6.45, 7) is 1.37. The van der Waals surface area contributed by atoms with E-state index >= 15 is 0 Å². The number of hydrogen-bond donors (Lipinski definition) is 2. The van der Waals surface area contributed by atoms with Crippen LogP contribution in [0.3, 0.4) is 0 Å². The smallest absolute Gasteiger partial charge is 0.314 e. The number of nitrogens with zero attached hydrogens (tertiary/aromatic N) is 1. The number of imide groups is 1. The van der Waals surface area contributed by atoms with Crippen LogP contribution in [0, 0.1) is 5.82 Å². The van der Waals surface area contributed by atoms with Crippen molar-refractivity contribution in [2.45, 2.75) is 24.8 Å². The maximum Gasteiger partial charge on any atom is 0.440 e. The highest BCUT2D eigenvalue weighted by Crippen LogP contribution is 2.37. The topological polar surface area (TPSA) is 78.5 Å². The molecule has 0 unspecified atom stereocenters. The van der Waals surface area contributed by atoms with Crippen molar-refractivity contribution in [2.75, 3.05) is 0 Å². The fourth-order valence-electron chi connectivity index (χ4n) is 3.01. The van der Waals surface area contributed by atoms with Gasteiger partial charge in [0.05, 0.1) is 11.6 Å². The minimum atomic E-state index is -5.38. The van der Waals surface area contributed by atoms with Crippen LogP contribution < -0.4 is 10.6 Å². The number of hydrogen-bond acceptors (Lipinski definition) is 3. The van der Waals surface area contributed by atoms with Crippen molar-refractivity contribution in [3.05, 3.63) is 71.5 Å². The lowest BCUT2D eigenvalue weighted by Crippen LogP contribution is -2.69. The first kappa shape index (κ1) is 20.3. The van der Waals surface area contributed by atoms with E-state index in [0.717, 1.165) is 12.1 Å². The lowest BCUT2D eigenvalue weighted by molar-refractivity contribution is -0.200. The summed E-state index contributed by atoms with van der Waals surface area (Å²) in [5, 5.41) is 3.01. The van der Waals surface area contributed by atoms with E-state index in [4.69, 9.17) is 0 Å². The van der Waals surface area contributed by atoms with Crippen molar-refractivity contribution >= 4 is 17.8 Å². The molecule has 2 N–H and O–H groups in total. The molecule has 152 valence electrons. The predicted octanol–water partition coefficient (Wildman–Crippen LogP) is 3.13. The van der Waals surface area contributed by atoms with Crippen LogP contribution in [0.1, 0.15) is 28.9 Å². The van der Waals surface area contributed by atoms with E-state index in [1.165, 1.54) is 41.8 Å². The average molecular weight is 409 g/mol. The highest BCUT2D eigenvalue weighted by Gasteiger charge is 2.69. The molecule has 0 aliphatic carbocycles. The Hall–Kier alpha value is -3.43. The van der Waals surface area contributed by atoms with Gasteiger partial charge in [-0.1, -0.05) is 42.5 Å². The lowest BCUT2D eigenvalue weighted by Gasteiger charge is -2.30. The van der Waals surface area contributed by atoms with E-state index in [-0.39, 0.29) is 0 Å². The largest absolute Gasteiger partial charge is 0.440 e. The molecule has 1 aliphatic heterocycles. The Morgan fingerprint density at radius 2 is 1.66 bits per heavy atom. The first-order chi connectivity index (χ1) is 13.6. The summed E-state index contributed by atoms with van der Waals surface area (Å²) in [5.41, 5.74) is -4.01. The first-order valence-electron chi connectivity index (χ1n) is 8.43. The van der Waals surface area contributed by atoms with E-state index in [2.05, 4.69) is 0 Å². The number of carbonyl (C=O) groups excluding carboxylic acids is 3. The molecule has 29 heavy (non-hydrogen) atoms. The normalized spacial score (nSPS) is 20.4.